The lowest BCUT2D eigenvalue weighted by Crippen LogP contribution is -2.13. The van der Waals surface area contributed by atoms with Crippen LogP contribution in [-0.4, -0.2) is 39.2 Å². The van der Waals surface area contributed by atoms with Gasteiger partial charge in [-0.15, -0.1) is 0 Å². The summed E-state index contributed by atoms with van der Waals surface area (Å²) in [5, 5.41) is 13.2. The van der Waals surface area contributed by atoms with Crippen molar-refractivity contribution in [2.75, 3.05) is 13.2 Å². The zero-order chi connectivity index (χ0) is 18.9. The van der Waals surface area contributed by atoms with Gasteiger partial charge in [0, 0.05) is 6.07 Å². The molecular formula is C17H18FN5O3. The lowest BCUT2D eigenvalue weighted by Gasteiger charge is -2.04. The maximum absolute atomic E-state index is 13.1. The Labute approximate surface area is 148 Å². The van der Waals surface area contributed by atoms with Crippen LogP contribution in [0.1, 0.15) is 18.4 Å². The van der Waals surface area contributed by atoms with Crippen LogP contribution in [0.15, 0.2) is 62.6 Å². The average molecular weight is 359 g/mol. The number of aromatic amines is 1. The first-order chi connectivity index (χ1) is 12.5. The Morgan fingerprint density at radius 1 is 1.54 bits per heavy atom. The molecule has 0 aliphatic rings. The van der Waals surface area contributed by atoms with Gasteiger partial charge >= 0.3 is 0 Å². The lowest BCUT2D eigenvalue weighted by atomic mass is 10.2. The van der Waals surface area contributed by atoms with Gasteiger partial charge < -0.3 is 20.3 Å². The molecule has 0 aliphatic carbocycles. The molecule has 2 heterocycles. The number of hydrogen-bond donors (Lipinski definition) is 3. The summed E-state index contributed by atoms with van der Waals surface area (Å²) in [5.74, 6) is -0.490. The van der Waals surface area contributed by atoms with E-state index in [1.807, 2.05) is 6.92 Å². The Morgan fingerprint density at radius 3 is 2.96 bits per heavy atom. The molecule has 0 amide bonds. The van der Waals surface area contributed by atoms with Crippen LogP contribution in [0.3, 0.4) is 0 Å². The molecule has 0 bridgehead atoms. The van der Waals surface area contributed by atoms with Gasteiger partial charge in [0.1, 0.15) is 18.6 Å². The van der Waals surface area contributed by atoms with Crippen LogP contribution in [0.25, 0.3) is 5.70 Å². The highest BCUT2D eigenvalue weighted by Crippen LogP contribution is 2.09. The predicted octanol–water partition coefficient (Wildman–Crippen LogP) is 1.72. The molecule has 0 spiro atoms. The van der Waals surface area contributed by atoms with Crippen LogP contribution >= 0.6 is 0 Å². The molecule has 0 radical (unpaired) electrons. The number of allylic oxidation sites excluding steroid dienone is 4. The minimum atomic E-state index is -0.652. The summed E-state index contributed by atoms with van der Waals surface area (Å²) in [6.07, 6.45) is 7.88. The van der Waals surface area contributed by atoms with E-state index >= 15 is 0 Å². The molecule has 0 aromatic carbocycles. The molecule has 136 valence electrons. The summed E-state index contributed by atoms with van der Waals surface area (Å²) in [5.41, 5.74) is 6.56. The van der Waals surface area contributed by atoms with Crippen LogP contribution in [-0.2, 0) is 0 Å². The molecule has 0 saturated carbocycles. The first-order valence-electron chi connectivity index (χ1n) is 7.63. The molecule has 4 N–H and O–H groups in total. The van der Waals surface area contributed by atoms with Gasteiger partial charge in [0.05, 0.1) is 24.0 Å². The van der Waals surface area contributed by atoms with Gasteiger partial charge in [-0.3, -0.25) is 9.79 Å². The van der Waals surface area contributed by atoms with Crippen molar-refractivity contribution in [2.45, 2.75) is 6.92 Å². The number of aromatic nitrogens is 3. The van der Waals surface area contributed by atoms with Crippen molar-refractivity contribution < 1.29 is 14.0 Å². The van der Waals surface area contributed by atoms with Gasteiger partial charge in [0.2, 0.25) is 5.88 Å². The first-order valence-corrected chi connectivity index (χ1v) is 7.63. The van der Waals surface area contributed by atoms with E-state index in [9.17, 15) is 14.3 Å². The molecule has 0 aliphatic heterocycles. The number of H-pyrrole nitrogens is 1. The minimum Gasteiger partial charge on any atom is -0.493 e. The fourth-order valence-electron chi connectivity index (χ4n) is 1.90. The van der Waals surface area contributed by atoms with Gasteiger partial charge in [-0.1, -0.05) is 23.4 Å². The van der Waals surface area contributed by atoms with Crippen molar-refractivity contribution >= 4 is 11.4 Å². The molecule has 26 heavy (non-hydrogen) atoms. The molecule has 2 aromatic heterocycles. The van der Waals surface area contributed by atoms with Crippen molar-refractivity contribution in [3.8, 4) is 5.88 Å². The van der Waals surface area contributed by atoms with Crippen molar-refractivity contribution in [3.05, 3.63) is 70.1 Å². The first kappa shape index (κ1) is 18.8. The van der Waals surface area contributed by atoms with Gasteiger partial charge in [-0.25, -0.2) is 4.39 Å². The largest absolute Gasteiger partial charge is 0.493 e. The second-order valence-corrected chi connectivity index (χ2v) is 5.12. The summed E-state index contributed by atoms with van der Waals surface area (Å²) in [6, 6.07) is 2.48. The SMILES string of the molecule is C/C=C\C=C(/CF)CN=C(C=C(N)c1nc(O)cc(=O)[nH]1)c1ccon1. The van der Waals surface area contributed by atoms with E-state index in [0.29, 0.717) is 17.0 Å². The van der Waals surface area contributed by atoms with E-state index in [0.717, 1.165) is 6.07 Å². The summed E-state index contributed by atoms with van der Waals surface area (Å²) >= 11 is 0. The van der Waals surface area contributed by atoms with Gasteiger partial charge in [0.25, 0.3) is 5.56 Å². The zero-order valence-electron chi connectivity index (χ0n) is 14.0. The summed E-state index contributed by atoms with van der Waals surface area (Å²) < 4.78 is 17.9. The number of nitrogens with two attached hydrogens (primary N) is 1. The Morgan fingerprint density at radius 2 is 2.35 bits per heavy atom. The van der Waals surface area contributed by atoms with Crippen molar-refractivity contribution in [1.82, 2.24) is 15.1 Å². The van der Waals surface area contributed by atoms with Crippen LogP contribution in [0.2, 0.25) is 0 Å². The lowest BCUT2D eigenvalue weighted by molar-refractivity contribution is 0.418. The molecular weight excluding hydrogens is 341 g/mol. The fraction of sp³-hybridized carbons (Fsp3) is 0.176. The minimum absolute atomic E-state index is 0.0265. The molecule has 8 nitrogen and oxygen atoms in total. The number of nitrogens with one attached hydrogen (secondary N) is 1. The van der Waals surface area contributed by atoms with Crippen molar-refractivity contribution in [3.63, 3.8) is 0 Å². The number of aromatic hydroxyl groups is 1. The van der Waals surface area contributed by atoms with E-state index in [-0.39, 0.29) is 18.1 Å². The Hall–Kier alpha value is -3.49. The van der Waals surface area contributed by atoms with Gasteiger partial charge in [-0.05, 0) is 18.6 Å². The Balaban J connectivity index is 2.39. The standard InChI is InChI=1S/C17H18FN5O3/c1-2-3-4-11(9-18)10-20-14(13-5-6-26-23-13)7-12(19)17-21-15(24)8-16(25)22-17/h2-8H,9-10,19H2,1H3,(H2,21,22,24,25)/b3-2-,11-4+,12-7?,20-14?. The number of nitrogens with zero attached hydrogens (tertiary/aromatic N) is 3. The third-order valence-corrected chi connectivity index (χ3v) is 3.14. The number of aliphatic imine (C=N–C) groups is 1. The number of rotatable bonds is 7. The molecule has 0 fully saturated rings. The van der Waals surface area contributed by atoms with Crippen LogP contribution in [0.5, 0.6) is 5.88 Å². The molecule has 0 atom stereocenters. The van der Waals surface area contributed by atoms with Crippen LogP contribution in [0, 0.1) is 0 Å². The average Bonchev–Trinajstić information content (AvgIpc) is 3.14. The van der Waals surface area contributed by atoms with E-state index < -0.39 is 18.1 Å². The van der Waals surface area contributed by atoms with Crippen LogP contribution < -0.4 is 11.3 Å². The molecule has 9 heteroatoms. The number of alkyl halides is 1. The molecule has 2 rings (SSSR count). The fourth-order valence-corrected chi connectivity index (χ4v) is 1.90. The maximum atomic E-state index is 13.1. The summed E-state index contributed by atoms with van der Waals surface area (Å²) in [7, 11) is 0. The quantitative estimate of drug-likeness (QED) is 0.510. The highest BCUT2D eigenvalue weighted by Gasteiger charge is 2.09. The van der Waals surface area contributed by atoms with Crippen molar-refractivity contribution in [2.24, 2.45) is 10.7 Å². The van der Waals surface area contributed by atoms with Gasteiger partial charge in [-0.2, -0.15) is 4.98 Å². The predicted molar refractivity (Wildman–Crippen MR) is 95.5 cm³/mol. The third kappa shape index (κ3) is 5.26. The second kappa shape index (κ2) is 9.11. The summed E-state index contributed by atoms with van der Waals surface area (Å²) in [6.45, 7) is 1.25. The van der Waals surface area contributed by atoms with E-state index in [1.165, 1.54) is 12.3 Å². The normalized spacial score (nSPS) is 13.5. The topological polar surface area (TPSA) is 130 Å². The van der Waals surface area contributed by atoms with Crippen molar-refractivity contribution in [1.29, 1.82) is 0 Å². The monoisotopic (exact) mass is 359 g/mol. The second-order valence-electron chi connectivity index (χ2n) is 5.12. The highest BCUT2D eigenvalue weighted by atomic mass is 19.1. The summed E-state index contributed by atoms with van der Waals surface area (Å²) in [4.78, 5) is 21.9. The molecule has 0 unspecified atom stereocenters. The van der Waals surface area contributed by atoms with E-state index in [2.05, 4.69) is 20.1 Å². The zero-order valence-corrected chi connectivity index (χ0v) is 14.0. The Kier molecular flexibility index (Phi) is 6.60. The highest BCUT2D eigenvalue weighted by molar-refractivity contribution is 6.10. The van der Waals surface area contributed by atoms with E-state index in [4.69, 9.17) is 10.3 Å². The van der Waals surface area contributed by atoms with E-state index in [1.54, 1.807) is 24.3 Å². The molecule has 0 saturated heterocycles. The molecule has 2 aromatic rings. The number of halogens is 1. The number of hydrogen-bond acceptors (Lipinski definition) is 7. The third-order valence-electron chi connectivity index (χ3n) is 3.14. The smallest absolute Gasteiger partial charge is 0.255 e. The van der Waals surface area contributed by atoms with Gasteiger partial charge in [0.15, 0.2) is 5.82 Å². The van der Waals surface area contributed by atoms with Crippen LogP contribution in [0.4, 0.5) is 4.39 Å². The Bertz CT molecular complexity index is 911. The maximum Gasteiger partial charge on any atom is 0.255 e.